The Labute approximate surface area is 94.6 Å². The van der Waals surface area contributed by atoms with E-state index in [1.165, 1.54) is 28.6 Å². The first-order valence-corrected chi connectivity index (χ1v) is 5.71. The fourth-order valence-electron chi connectivity index (χ4n) is 2.22. The van der Waals surface area contributed by atoms with E-state index in [-0.39, 0.29) is 0 Å². The van der Waals surface area contributed by atoms with Crippen molar-refractivity contribution in [1.82, 2.24) is 4.98 Å². The third-order valence-corrected chi connectivity index (χ3v) is 3.16. The van der Waals surface area contributed by atoms with Crippen LogP contribution < -0.4 is 5.32 Å². The zero-order chi connectivity index (χ0) is 11.0. The maximum absolute atomic E-state index is 4.44. The largest absolute Gasteiger partial charge is 0.361 e. The lowest BCUT2D eigenvalue weighted by Gasteiger charge is -2.09. The quantitative estimate of drug-likeness (QED) is 0.750. The van der Waals surface area contributed by atoms with Crippen molar-refractivity contribution < 1.29 is 0 Å². The van der Waals surface area contributed by atoms with Crippen LogP contribution in [0.1, 0.15) is 18.4 Å². The number of aryl methyl sites for hydroxylation is 1. The molecule has 3 rings (SSSR count). The predicted octanol–water partition coefficient (Wildman–Crippen LogP) is 3.08. The molecule has 0 atom stereocenters. The van der Waals surface area contributed by atoms with Crippen molar-refractivity contribution >= 4 is 22.4 Å². The number of anilines is 1. The van der Waals surface area contributed by atoms with E-state index in [4.69, 9.17) is 0 Å². The minimum Gasteiger partial charge on any atom is -0.361 e. The van der Waals surface area contributed by atoms with Crippen LogP contribution in [0.2, 0.25) is 0 Å². The van der Waals surface area contributed by atoms with Gasteiger partial charge in [0.2, 0.25) is 0 Å². The molecule has 0 fully saturated rings. The summed E-state index contributed by atoms with van der Waals surface area (Å²) >= 11 is 0. The Balaban J connectivity index is 1.99. The van der Waals surface area contributed by atoms with Crippen molar-refractivity contribution in [3.05, 3.63) is 30.0 Å². The molecule has 82 valence electrons. The molecule has 0 radical (unpaired) electrons. The van der Waals surface area contributed by atoms with Gasteiger partial charge < -0.3 is 10.3 Å². The van der Waals surface area contributed by atoms with Gasteiger partial charge in [-0.2, -0.15) is 0 Å². The molecule has 1 aromatic heterocycles. The van der Waals surface area contributed by atoms with Crippen molar-refractivity contribution in [3.63, 3.8) is 0 Å². The molecular formula is C13H15N3. The molecule has 16 heavy (non-hydrogen) atoms. The van der Waals surface area contributed by atoms with E-state index in [9.17, 15) is 0 Å². The Kier molecular flexibility index (Phi) is 2.17. The lowest BCUT2D eigenvalue weighted by atomic mass is 10.1. The van der Waals surface area contributed by atoms with Gasteiger partial charge in [0.15, 0.2) is 0 Å². The number of rotatable bonds is 1. The number of hydrogen-bond acceptors (Lipinski definition) is 2. The normalized spacial score (nSPS) is 15.4. The minimum absolute atomic E-state index is 0.966. The topological polar surface area (TPSA) is 40.2 Å². The fourth-order valence-corrected chi connectivity index (χ4v) is 2.22. The highest BCUT2D eigenvalue weighted by atomic mass is 15.0. The number of benzene rings is 1. The minimum atomic E-state index is 0.966. The van der Waals surface area contributed by atoms with Crippen LogP contribution in [-0.2, 0) is 0 Å². The van der Waals surface area contributed by atoms with Gasteiger partial charge in [-0.15, -0.1) is 0 Å². The van der Waals surface area contributed by atoms with E-state index in [0.717, 1.165) is 18.8 Å². The zero-order valence-electron chi connectivity index (χ0n) is 9.38. The molecule has 0 aliphatic carbocycles. The van der Waals surface area contributed by atoms with Crippen LogP contribution in [0.4, 0.5) is 5.69 Å². The molecule has 0 amide bonds. The van der Waals surface area contributed by atoms with Crippen LogP contribution in [0.15, 0.2) is 29.4 Å². The van der Waals surface area contributed by atoms with Gasteiger partial charge >= 0.3 is 0 Å². The summed E-state index contributed by atoms with van der Waals surface area (Å²) in [6.07, 6.45) is 4.23. The summed E-state index contributed by atoms with van der Waals surface area (Å²) < 4.78 is 0. The third-order valence-electron chi connectivity index (χ3n) is 3.16. The number of aromatic nitrogens is 1. The van der Waals surface area contributed by atoms with Crippen molar-refractivity contribution in [1.29, 1.82) is 0 Å². The zero-order valence-corrected chi connectivity index (χ0v) is 9.38. The van der Waals surface area contributed by atoms with Crippen molar-refractivity contribution in [2.24, 2.45) is 4.99 Å². The first-order chi connectivity index (χ1) is 7.84. The summed E-state index contributed by atoms with van der Waals surface area (Å²) in [5, 5.41) is 4.71. The summed E-state index contributed by atoms with van der Waals surface area (Å²) in [5.74, 6) is 1.12. The molecule has 0 saturated carbocycles. The molecule has 1 aliphatic rings. The summed E-state index contributed by atoms with van der Waals surface area (Å²) in [7, 11) is 0. The van der Waals surface area contributed by atoms with Gasteiger partial charge in [0.1, 0.15) is 5.84 Å². The number of hydrogen-bond donors (Lipinski definition) is 2. The number of nitrogens with one attached hydrogen (secondary N) is 2. The van der Waals surface area contributed by atoms with Crippen LogP contribution in [0.3, 0.4) is 0 Å². The highest BCUT2D eigenvalue weighted by molar-refractivity contribution is 5.99. The van der Waals surface area contributed by atoms with Crippen LogP contribution in [0, 0.1) is 6.92 Å². The predicted molar refractivity (Wildman–Crippen MR) is 68.2 cm³/mol. The standard InChI is InChI=1S/C13H15N3/c1-9-10-6-8-14-12(10)5-4-11(9)16-13-3-2-7-15-13/h4-6,8,14H,2-3,7H2,1H3,(H,15,16). The molecule has 0 spiro atoms. The number of fused-ring (bicyclic) bond motifs is 1. The van der Waals surface area contributed by atoms with E-state index < -0.39 is 0 Å². The molecule has 3 nitrogen and oxygen atoms in total. The summed E-state index contributed by atoms with van der Waals surface area (Å²) in [6, 6.07) is 6.35. The summed E-state index contributed by atoms with van der Waals surface area (Å²) in [4.78, 5) is 7.66. The summed E-state index contributed by atoms with van der Waals surface area (Å²) in [6.45, 7) is 3.11. The van der Waals surface area contributed by atoms with Crippen LogP contribution in [0.25, 0.3) is 10.9 Å². The molecule has 1 aliphatic heterocycles. The van der Waals surface area contributed by atoms with E-state index in [1.807, 2.05) is 6.20 Å². The van der Waals surface area contributed by atoms with Gasteiger partial charge in [-0.1, -0.05) is 0 Å². The van der Waals surface area contributed by atoms with Gasteiger partial charge in [0, 0.05) is 35.8 Å². The van der Waals surface area contributed by atoms with Gasteiger partial charge in [-0.25, -0.2) is 0 Å². The lowest BCUT2D eigenvalue weighted by Crippen LogP contribution is -2.09. The maximum Gasteiger partial charge on any atom is 0.101 e. The average Bonchev–Trinajstić information content (AvgIpc) is 2.93. The Morgan fingerprint density at radius 1 is 1.31 bits per heavy atom. The van der Waals surface area contributed by atoms with Crippen LogP contribution in [-0.4, -0.2) is 17.4 Å². The summed E-state index contributed by atoms with van der Waals surface area (Å²) in [5.41, 5.74) is 3.65. The molecular weight excluding hydrogens is 198 g/mol. The van der Waals surface area contributed by atoms with E-state index >= 15 is 0 Å². The van der Waals surface area contributed by atoms with Crippen molar-refractivity contribution in [2.75, 3.05) is 11.9 Å². The smallest absolute Gasteiger partial charge is 0.101 e. The molecule has 2 N–H and O–H groups in total. The lowest BCUT2D eigenvalue weighted by molar-refractivity contribution is 0.951. The van der Waals surface area contributed by atoms with Crippen LogP contribution in [0.5, 0.6) is 0 Å². The van der Waals surface area contributed by atoms with Gasteiger partial charge in [-0.05, 0) is 37.1 Å². The first-order valence-electron chi connectivity index (χ1n) is 5.71. The highest BCUT2D eigenvalue weighted by Crippen LogP contribution is 2.25. The second-order valence-corrected chi connectivity index (χ2v) is 4.23. The number of aromatic amines is 1. The Hall–Kier alpha value is -1.77. The van der Waals surface area contributed by atoms with Gasteiger partial charge in [-0.3, -0.25) is 4.99 Å². The van der Waals surface area contributed by atoms with Crippen molar-refractivity contribution in [2.45, 2.75) is 19.8 Å². The second kappa shape index (κ2) is 3.67. The Morgan fingerprint density at radius 3 is 3.06 bits per heavy atom. The van der Waals surface area contributed by atoms with Crippen LogP contribution >= 0.6 is 0 Å². The molecule has 0 unspecified atom stereocenters. The monoisotopic (exact) mass is 213 g/mol. The van der Waals surface area contributed by atoms with Gasteiger partial charge in [0.25, 0.3) is 0 Å². The number of nitrogens with zero attached hydrogens (tertiary/aromatic N) is 1. The van der Waals surface area contributed by atoms with Gasteiger partial charge in [0.05, 0.1) is 0 Å². The molecule has 0 bridgehead atoms. The van der Waals surface area contributed by atoms with E-state index in [2.05, 4.69) is 40.4 Å². The highest BCUT2D eigenvalue weighted by Gasteiger charge is 2.09. The molecule has 0 saturated heterocycles. The maximum atomic E-state index is 4.44. The number of amidine groups is 1. The molecule has 3 heteroatoms. The molecule has 1 aromatic carbocycles. The Morgan fingerprint density at radius 2 is 2.25 bits per heavy atom. The van der Waals surface area contributed by atoms with Crippen molar-refractivity contribution in [3.8, 4) is 0 Å². The van der Waals surface area contributed by atoms with E-state index in [1.54, 1.807) is 0 Å². The average molecular weight is 213 g/mol. The van der Waals surface area contributed by atoms with E-state index in [0.29, 0.717) is 0 Å². The molecule has 2 heterocycles. The Bertz CT molecular complexity index is 551. The number of aliphatic imine (C=N–C) groups is 1. The second-order valence-electron chi connectivity index (χ2n) is 4.23. The fraction of sp³-hybridized carbons (Fsp3) is 0.308. The number of H-pyrrole nitrogens is 1. The molecule has 2 aromatic rings. The third kappa shape index (κ3) is 1.48. The first kappa shape index (κ1) is 9.46. The SMILES string of the molecule is Cc1c(NC2=NCCC2)ccc2[nH]ccc12.